The van der Waals surface area contributed by atoms with Crippen molar-refractivity contribution in [1.29, 1.82) is 0 Å². The Morgan fingerprint density at radius 2 is 2.16 bits per heavy atom. The van der Waals surface area contributed by atoms with Crippen LogP contribution in [0.5, 0.6) is 0 Å². The maximum atomic E-state index is 12.2. The summed E-state index contributed by atoms with van der Waals surface area (Å²) in [6.45, 7) is 5.99. The molecule has 0 fully saturated rings. The summed E-state index contributed by atoms with van der Waals surface area (Å²) in [4.78, 5) is 18.6. The second kappa shape index (κ2) is 5.75. The van der Waals surface area contributed by atoms with E-state index in [0.29, 0.717) is 10.7 Å². The Kier molecular flexibility index (Phi) is 4.27. The molecule has 19 heavy (non-hydrogen) atoms. The first-order valence-corrected chi connectivity index (χ1v) is 7.35. The second-order valence-electron chi connectivity index (χ2n) is 4.33. The fraction of sp³-hybridized carbons (Fsp3) is 0.286. The summed E-state index contributed by atoms with van der Waals surface area (Å²) in [5.41, 5.74) is 2.61. The molecule has 1 aromatic heterocycles. The van der Waals surface area contributed by atoms with E-state index < -0.39 is 0 Å². The zero-order chi connectivity index (χ0) is 14.0. The number of amides is 1. The third kappa shape index (κ3) is 3.16. The van der Waals surface area contributed by atoms with Gasteiger partial charge in [0.1, 0.15) is 0 Å². The van der Waals surface area contributed by atoms with Gasteiger partial charge in [-0.1, -0.05) is 13.0 Å². The molecule has 0 spiro atoms. The first kappa shape index (κ1) is 14.1. The summed E-state index contributed by atoms with van der Waals surface area (Å²) in [5.74, 6) is -0.134. The number of thiol groups is 1. The van der Waals surface area contributed by atoms with Crippen LogP contribution >= 0.6 is 24.0 Å². The third-order valence-electron chi connectivity index (χ3n) is 2.91. The van der Waals surface area contributed by atoms with Crippen LogP contribution in [0.4, 0.5) is 5.13 Å². The predicted molar refractivity (Wildman–Crippen MR) is 82.6 cm³/mol. The molecule has 3 nitrogen and oxygen atoms in total. The van der Waals surface area contributed by atoms with Crippen LogP contribution in [0, 0.1) is 13.8 Å². The molecule has 5 heteroatoms. The molecule has 100 valence electrons. The number of carbonyl (C=O) groups is 1. The summed E-state index contributed by atoms with van der Waals surface area (Å²) in [6.07, 6.45) is 0.878. The zero-order valence-electron chi connectivity index (χ0n) is 11.2. The number of nitrogens with one attached hydrogen (secondary N) is 1. The van der Waals surface area contributed by atoms with Gasteiger partial charge in [0.2, 0.25) is 0 Å². The molecule has 0 aliphatic rings. The lowest BCUT2D eigenvalue weighted by Crippen LogP contribution is -2.13. The van der Waals surface area contributed by atoms with Gasteiger partial charge in [0.05, 0.1) is 5.69 Å². The summed E-state index contributed by atoms with van der Waals surface area (Å²) in [6, 6.07) is 5.54. The van der Waals surface area contributed by atoms with E-state index in [2.05, 4.69) is 29.9 Å². The smallest absolute Gasteiger partial charge is 0.257 e. The molecule has 0 unspecified atom stereocenters. The average Bonchev–Trinajstić information content (AvgIpc) is 2.72. The van der Waals surface area contributed by atoms with Crippen molar-refractivity contribution in [3.05, 3.63) is 39.9 Å². The minimum Gasteiger partial charge on any atom is -0.298 e. The quantitative estimate of drug-likeness (QED) is 0.843. The normalized spacial score (nSPS) is 10.5. The summed E-state index contributed by atoms with van der Waals surface area (Å²) < 4.78 is 0. The Hall–Kier alpha value is -1.33. The van der Waals surface area contributed by atoms with E-state index in [1.807, 2.05) is 26.0 Å². The van der Waals surface area contributed by atoms with Crippen LogP contribution in [0.15, 0.2) is 23.1 Å². The molecular formula is C14H16N2OS2. The molecular weight excluding hydrogens is 276 g/mol. The van der Waals surface area contributed by atoms with Gasteiger partial charge in [-0.15, -0.1) is 24.0 Å². The average molecular weight is 292 g/mol. The molecule has 2 rings (SSSR count). The molecule has 0 radical (unpaired) electrons. The van der Waals surface area contributed by atoms with Crippen molar-refractivity contribution < 1.29 is 4.79 Å². The van der Waals surface area contributed by atoms with E-state index in [4.69, 9.17) is 0 Å². The standard InChI is InChI=1S/C14H16N2OS2/c1-4-12-9(3)19-14(15-12)16-13(17)11-7-10(18)6-5-8(11)2/h5-7,18H,4H2,1-3H3,(H,15,16,17). The van der Waals surface area contributed by atoms with Gasteiger partial charge >= 0.3 is 0 Å². The van der Waals surface area contributed by atoms with Crippen LogP contribution in [-0.2, 0) is 6.42 Å². The fourth-order valence-electron chi connectivity index (χ4n) is 1.83. The van der Waals surface area contributed by atoms with Crippen molar-refractivity contribution in [2.24, 2.45) is 0 Å². The van der Waals surface area contributed by atoms with Crippen molar-refractivity contribution in [3.8, 4) is 0 Å². The highest BCUT2D eigenvalue weighted by molar-refractivity contribution is 7.80. The lowest BCUT2D eigenvalue weighted by atomic mass is 10.1. The van der Waals surface area contributed by atoms with Crippen LogP contribution in [-0.4, -0.2) is 10.9 Å². The SMILES string of the molecule is CCc1nc(NC(=O)c2cc(S)ccc2C)sc1C. The Bertz CT molecular complexity index is 620. The molecule has 1 aromatic carbocycles. The van der Waals surface area contributed by atoms with E-state index in [0.717, 1.165) is 27.5 Å². The highest BCUT2D eigenvalue weighted by Crippen LogP contribution is 2.23. The number of carbonyl (C=O) groups excluding carboxylic acids is 1. The van der Waals surface area contributed by atoms with Crippen molar-refractivity contribution in [2.45, 2.75) is 32.1 Å². The highest BCUT2D eigenvalue weighted by Gasteiger charge is 2.13. The van der Waals surface area contributed by atoms with Gasteiger partial charge in [-0.2, -0.15) is 0 Å². The number of rotatable bonds is 3. The number of nitrogens with zero attached hydrogens (tertiary/aromatic N) is 1. The first-order chi connectivity index (χ1) is 9.01. The summed E-state index contributed by atoms with van der Waals surface area (Å²) in [7, 11) is 0. The van der Waals surface area contributed by atoms with Crippen LogP contribution in [0.1, 0.15) is 33.4 Å². The Labute approximate surface area is 122 Å². The number of anilines is 1. The van der Waals surface area contributed by atoms with Crippen molar-refractivity contribution >= 4 is 35.0 Å². The Balaban J connectivity index is 2.22. The monoisotopic (exact) mass is 292 g/mol. The zero-order valence-corrected chi connectivity index (χ0v) is 12.9. The first-order valence-electron chi connectivity index (χ1n) is 6.08. The van der Waals surface area contributed by atoms with Crippen molar-refractivity contribution in [3.63, 3.8) is 0 Å². The number of hydrogen-bond acceptors (Lipinski definition) is 4. The third-order valence-corrected chi connectivity index (χ3v) is 4.12. The predicted octanol–water partition coefficient (Wildman–Crippen LogP) is 3.86. The minimum absolute atomic E-state index is 0.134. The van der Waals surface area contributed by atoms with Gasteiger partial charge in [0.15, 0.2) is 5.13 Å². The molecule has 2 aromatic rings. The molecule has 0 atom stereocenters. The molecule has 1 amide bonds. The van der Waals surface area contributed by atoms with E-state index in [1.54, 1.807) is 6.07 Å². The van der Waals surface area contributed by atoms with E-state index >= 15 is 0 Å². The van der Waals surface area contributed by atoms with Crippen molar-refractivity contribution in [2.75, 3.05) is 5.32 Å². The fourth-order valence-corrected chi connectivity index (χ4v) is 2.93. The highest BCUT2D eigenvalue weighted by atomic mass is 32.1. The van der Waals surface area contributed by atoms with Crippen LogP contribution in [0.25, 0.3) is 0 Å². The van der Waals surface area contributed by atoms with E-state index in [-0.39, 0.29) is 5.91 Å². The van der Waals surface area contributed by atoms with Gasteiger partial charge in [-0.25, -0.2) is 4.98 Å². The Morgan fingerprint density at radius 1 is 1.42 bits per heavy atom. The second-order valence-corrected chi connectivity index (χ2v) is 6.05. The number of aryl methyl sites for hydroxylation is 3. The van der Waals surface area contributed by atoms with Gasteiger partial charge in [-0.05, 0) is 38.0 Å². The van der Waals surface area contributed by atoms with Crippen LogP contribution in [0.2, 0.25) is 0 Å². The molecule has 0 saturated heterocycles. The molecule has 0 bridgehead atoms. The maximum Gasteiger partial charge on any atom is 0.257 e. The van der Waals surface area contributed by atoms with Gasteiger partial charge in [0.25, 0.3) is 5.91 Å². The van der Waals surface area contributed by atoms with Crippen molar-refractivity contribution in [1.82, 2.24) is 4.98 Å². The molecule has 0 saturated carbocycles. The molecule has 0 aliphatic heterocycles. The lowest BCUT2D eigenvalue weighted by Gasteiger charge is -2.06. The summed E-state index contributed by atoms with van der Waals surface area (Å²) in [5, 5.41) is 3.51. The van der Waals surface area contributed by atoms with Gasteiger partial charge < -0.3 is 0 Å². The van der Waals surface area contributed by atoms with Gasteiger partial charge in [0, 0.05) is 15.3 Å². The maximum absolute atomic E-state index is 12.2. The summed E-state index contributed by atoms with van der Waals surface area (Å²) >= 11 is 5.77. The molecule has 0 aliphatic carbocycles. The van der Waals surface area contributed by atoms with Crippen LogP contribution in [0.3, 0.4) is 0 Å². The molecule has 1 N–H and O–H groups in total. The lowest BCUT2D eigenvalue weighted by molar-refractivity contribution is 0.102. The largest absolute Gasteiger partial charge is 0.298 e. The Morgan fingerprint density at radius 3 is 2.79 bits per heavy atom. The number of hydrogen-bond donors (Lipinski definition) is 2. The van der Waals surface area contributed by atoms with Gasteiger partial charge in [-0.3, -0.25) is 10.1 Å². The molecule has 1 heterocycles. The van der Waals surface area contributed by atoms with E-state index in [1.165, 1.54) is 11.3 Å². The van der Waals surface area contributed by atoms with Crippen LogP contribution < -0.4 is 5.32 Å². The van der Waals surface area contributed by atoms with E-state index in [9.17, 15) is 4.79 Å². The number of aromatic nitrogens is 1. The number of benzene rings is 1. The number of thiazole rings is 1. The minimum atomic E-state index is -0.134. The topological polar surface area (TPSA) is 42.0 Å².